The van der Waals surface area contributed by atoms with E-state index in [1.165, 1.54) is 0 Å². The Hall–Kier alpha value is -2.74. The maximum absolute atomic E-state index is 12.1. The summed E-state index contributed by atoms with van der Waals surface area (Å²) in [6, 6.07) is 5.58. The quantitative estimate of drug-likeness (QED) is 0.830. The second-order valence-corrected chi connectivity index (χ2v) is 6.27. The van der Waals surface area contributed by atoms with Crippen LogP contribution in [0.25, 0.3) is 0 Å². The van der Waals surface area contributed by atoms with Crippen molar-refractivity contribution >= 4 is 11.8 Å². The van der Waals surface area contributed by atoms with Gasteiger partial charge in [0.1, 0.15) is 5.75 Å². The Balaban J connectivity index is 1.47. The van der Waals surface area contributed by atoms with Crippen LogP contribution in [0.15, 0.2) is 22.6 Å². The summed E-state index contributed by atoms with van der Waals surface area (Å²) in [5.41, 5.74) is 2.19. The molecule has 0 spiro atoms. The molecule has 8 nitrogen and oxygen atoms in total. The summed E-state index contributed by atoms with van der Waals surface area (Å²) in [7, 11) is 0. The van der Waals surface area contributed by atoms with Crippen molar-refractivity contribution in [1.29, 1.82) is 0 Å². The fourth-order valence-electron chi connectivity index (χ4n) is 3.34. The molecule has 8 heteroatoms. The van der Waals surface area contributed by atoms with E-state index in [-0.39, 0.29) is 24.5 Å². The van der Waals surface area contributed by atoms with E-state index >= 15 is 0 Å². The van der Waals surface area contributed by atoms with Crippen molar-refractivity contribution in [2.75, 3.05) is 0 Å². The lowest BCUT2D eigenvalue weighted by Gasteiger charge is -2.29. The highest BCUT2D eigenvalue weighted by molar-refractivity contribution is 6.00. The first-order valence-electron chi connectivity index (χ1n) is 8.20. The monoisotopic (exact) mass is 342 g/mol. The number of carbonyl (C=O) groups is 2. The number of nitrogens with zero attached hydrogens (tertiary/aromatic N) is 3. The number of aryl methyl sites for hydroxylation is 1. The van der Waals surface area contributed by atoms with Crippen LogP contribution in [0.4, 0.5) is 0 Å². The minimum Gasteiger partial charge on any atom is -0.483 e. The molecular weight excluding hydrogens is 324 g/mol. The number of hydrogen-bond donors (Lipinski definition) is 1. The van der Waals surface area contributed by atoms with Gasteiger partial charge in [-0.25, -0.2) is 0 Å². The van der Waals surface area contributed by atoms with E-state index in [1.54, 1.807) is 6.92 Å². The van der Waals surface area contributed by atoms with Crippen molar-refractivity contribution in [3.05, 3.63) is 41.1 Å². The first-order chi connectivity index (χ1) is 12.1. The number of benzene rings is 1. The van der Waals surface area contributed by atoms with Gasteiger partial charge < -0.3 is 9.15 Å². The molecular formula is C17H18N4O4. The highest BCUT2D eigenvalue weighted by Crippen LogP contribution is 2.33. The summed E-state index contributed by atoms with van der Waals surface area (Å²) in [4.78, 5) is 25.5. The zero-order valence-corrected chi connectivity index (χ0v) is 13.8. The maximum Gasteiger partial charge on any atom is 0.253 e. The van der Waals surface area contributed by atoms with Gasteiger partial charge in [0.05, 0.1) is 6.04 Å². The molecule has 130 valence electrons. The van der Waals surface area contributed by atoms with E-state index in [0.29, 0.717) is 37.7 Å². The van der Waals surface area contributed by atoms with Crippen molar-refractivity contribution in [3.63, 3.8) is 0 Å². The number of ether oxygens (including phenoxy) is 1. The average Bonchev–Trinajstić information content (AvgIpc) is 3.19. The number of amides is 2. The molecule has 1 unspecified atom stereocenters. The van der Waals surface area contributed by atoms with E-state index in [1.807, 2.05) is 18.2 Å². The number of hydrogen-bond acceptors (Lipinski definition) is 7. The van der Waals surface area contributed by atoms with Gasteiger partial charge in [-0.2, -0.15) is 0 Å². The van der Waals surface area contributed by atoms with Gasteiger partial charge in [0.2, 0.25) is 17.7 Å². The van der Waals surface area contributed by atoms with Crippen LogP contribution in [0.3, 0.4) is 0 Å². The van der Waals surface area contributed by atoms with E-state index in [4.69, 9.17) is 9.15 Å². The Morgan fingerprint density at radius 1 is 1.32 bits per heavy atom. The second-order valence-electron chi connectivity index (χ2n) is 6.27. The molecule has 4 rings (SSSR count). The number of nitrogens with one attached hydrogen (secondary N) is 1. The fourth-order valence-corrected chi connectivity index (χ4v) is 3.34. The normalized spacial score (nSPS) is 20.4. The summed E-state index contributed by atoms with van der Waals surface area (Å²) in [5, 5.41) is 10.1. The third kappa shape index (κ3) is 3.12. The highest BCUT2D eigenvalue weighted by atomic mass is 16.5. The number of carbonyl (C=O) groups excluding carboxylic acids is 2. The topological polar surface area (TPSA) is 97.6 Å². The Morgan fingerprint density at radius 3 is 2.96 bits per heavy atom. The van der Waals surface area contributed by atoms with E-state index in [0.717, 1.165) is 16.9 Å². The largest absolute Gasteiger partial charge is 0.483 e. The third-order valence-corrected chi connectivity index (χ3v) is 4.53. The van der Waals surface area contributed by atoms with Crippen LogP contribution >= 0.6 is 0 Å². The summed E-state index contributed by atoms with van der Waals surface area (Å²) < 4.78 is 11.2. The van der Waals surface area contributed by atoms with Crippen molar-refractivity contribution in [2.45, 2.75) is 45.5 Å². The zero-order chi connectivity index (χ0) is 17.4. The SMILES string of the molecule is Cc1nnc(COc2cccc3c2CN(C2CCC(=O)NC2=O)C3)o1. The lowest BCUT2D eigenvalue weighted by Crippen LogP contribution is -2.50. The van der Waals surface area contributed by atoms with Gasteiger partial charge >= 0.3 is 0 Å². The molecule has 2 aliphatic heterocycles. The van der Waals surface area contributed by atoms with Gasteiger partial charge in [-0.3, -0.25) is 19.8 Å². The molecule has 0 aliphatic carbocycles. The number of piperidine rings is 1. The van der Waals surface area contributed by atoms with E-state index in [2.05, 4.69) is 20.4 Å². The van der Waals surface area contributed by atoms with Crippen molar-refractivity contribution < 1.29 is 18.7 Å². The third-order valence-electron chi connectivity index (χ3n) is 4.53. The first-order valence-corrected chi connectivity index (χ1v) is 8.20. The van der Waals surface area contributed by atoms with Gasteiger partial charge in [-0.05, 0) is 18.1 Å². The van der Waals surface area contributed by atoms with Crippen LogP contribution in [0.2, 0.25) is 0 Å². The molecule has 0 saturated carbocycles. The van der Waals surface area contributed by atoms with Crippen molar-refractivity contribution in [1.82, 2.24) is 20.4 Å². The van der Waals surface area contributed by atoms with Crippen LogP contribution in [0, 0.1) is 6.92 Å². The molecule has 2 aromatic rings. The fraction of sp³-hybridized carbons (Fsp3) is 0.412. The second kappa shape index (κ2) is 6.29. The molecule has 1 atom stereocenters. The van der Waals surface area contributed by atoms with Gasteiger partial charge in [-0.1, -0.05) is 12.1 Å². The molecule has 1 aromatic heterocycles. The standard InChI is InChI=1S/C17H18N4O4/c1-10-19-20-16(25-10)9-24-14-4-2-3-11-7-21(8-12(11)14)13-5-6-15(22)18-17(13)23/h2-4,13H,5-9H2,1H3,(H,18,22,23). The molecule has 2 amide bonds. The molecule has 3 heterocycles. The predicted octanol–water partition coefficient (Wildman–Crippen LogP) is 1.08. The van der Waals surface area contributed by atoms with Crippen LogP contribution in [0.1, 0.15) is 35.7 Å². The van der Waals surface area contributed by atoms with Crippen molar-refractivity contribution in [2.24, 2.45) is 0 Å². The first kappa shape index (κ1) is 15.8. The molecule has 0 bridgehead atoms. The van der Waals surface area contributed by atoms with Crippen molar-refractivity contribution in [3.8, 4) is 5.75 Å². The Labute approximate surface area is 144 Å². The van der Waals surface area contributed by atoms with Gasteiger partial charge in [-0.15, -0.1) is 10.2 Å². The number of fused-ring (bicyclic) bond motifs is 1. The summed E-state index contributed by atoms with van der Waals surface area (Å²) in [6.45, 7) is 3.21. The molecule has 1 saturated heterocycles. The van der Waals surface area contributed by atoms with Crippen LogP contribution < -0.4 is 10.1 Å². The molecule has 2 aliphatic rings. The Morgan fingerprint density at radius 2 is 2.20 bits per heavy atom. The van der Waals surface area contributed by atoms with Crippen LogP contribution in [0.5, 0.6) is 5.75 Å². The molecule has 1 aromatic carbocycles. The highest BCUT2D eigenvalue weighted by Gasteiger charge is 2.35. The molecule has 1 fully saturated rings. The Kier molecular flexibility index (Phi) is 3.96. The van der Waals surface area contributed by atoms with Crippen LogP contribution in [-0.2, 0) is 29.3 Å². The van der Waals surface area contributed by atoms with E-state index in [9.17, 15) is 9.59 Å². The number of aromatic nitrogens is 2. The van der Waals surface area contributed by atoms with Gasteiger partial charge in [0.25, 0.3) is 5.89 Å². The smallest absolute Gasteiger partial charge is 0.253 e. The minimum absolute atomic E-state index is 0.197. The Bertz CT molecular complexity index is 832. The number of rotatable bonds is 4. The summed E-state index contributed by atoms with van der Waals surface area (Å²) in [5.74, 6) is 1.27. The maximum atomic E-state index is 12.1. The molecule has 0 radical (unpaired) electrons. The lowest BCUT2D eigenvalue weighted by molar-refractivity contribution is -0.137. The molecule has 25 heavy (non-hydrogen) atoms. The average molecular weight is 342 g/mol. The summed E-state index contributed by atoms with van der Waals surface area (Å²) >= 11 is 0. The minimum atomic E-state index is -0.281. The zero-order valence-electron chi connectivity index (χ0n) is 13.8. The van der Waals surface area contributed by atoms with Gasteiger partial charge in [0.15, 0.2) is 6.61 Å². The van der Waals surface area contributed by atoms with Crippen LogP contribution in [-0.4, -0.2) is 33.0 Å². The van der Waals surface area contributed by atoms with Gasteiger partial charge in [0, 0.05) is 32.0 Å². The summed E-state index contributed by atoms with van der Waals surface area (Å²) in [6.07, 6.45) is 0.930. The molecule has 1 N–H and O–H groups in total. The van der Waals surface area contributed by atoms with E-state index < -0.39 is 0 Å². The predicted molar refractivity (Wildman–Crippen MR) is 85.2 cm³/mol. The number of imide groups is 1. The lowest BCUT2D eigenvalue weighted by atomic mass is 10.0.